The van der Waals surface area contributed by atoms with Gasteiger partial charge in [-0.25, -0.2) is 0 Å². The van der Waals surface area contributed by atoms with E-state index in [-0.39, 0.29) is 23.0 Å². The Morgan fingerprint density at radius 1 is 1.31 bits per heavy atom. The molecule has 0 rings (SSSR count). The van der Waals surface area contributed by atoms with Crippen LogP contribution in [0.3, 0.4) is 0 Å². The van der Waals surface area contributed by atoms with Gasteiger partial charge in [-0.3, -0.25) is 4.79 Å². The van der Waals surface area contributed by atoms with Crippen LogP contribution in [-0.2, 0) is 4.79 Å². The minimum Gasteiger partial charge on any atom is -0.388 e. The second-order valence-electron chi connectivity index (χ2n) is 5.87. The van der Waals surface area contributed by atoms with Gasteiger partial charge in [0, 0.05) is 12.3 Å². The lowest BCUT2D eigenvalue weighted by atomic mass is 9.71. The van der Waals surface area contributed by atoms with Gasteiger partial charge in [0.05, 0.1) is 6.10 Å². The molecular formula is C14H26O2. The van der Waals surface area contributed by atoms with E-state index in [1.807, 2.05) is 41.5 Å². The number of hydrogen-bond donors (Lipinski definition) is 1. The highest BCUT2D eigenvalue weighted by atomic mass is 16.3. The first-order chi connectivity index (χ1) is 7.09. The molecule has 0 aliphatic heterocycles. The van der Waals surface area contributed by atoms with Crippen LogP contribution in [0.4, 0.5) is 0 Å². The molecule has 2 nitrogen and oxygen atoms in total. The highest BCUT2D eigenvalue weighted by Crippen LogP contribution is 2.35. The minimum absolute atomic E-state index is 0.0349. The molecule has 1 N–H and O–H groups in total. The van der Waals surface area contributed by atoms with Crippen molar-refractivity contribution in [1.82, 2.24) is 0 Å². The average Bonchev–Trinajstić information content (AvgIpc) is 2.14. The molecule has 0 saturated carbocycles. The summed E-state index contributed by atoms with van der Waals surface area (Å²) >= 11 is 0. The zero-order valence-corrected chi connectivity index (χ0v) is 11.5. The molecule has 16 heavy (non-hydrogen) atoms. The van der Waals surface area contributed by atoms with Crippen molar-refractivity contribution in [2.45, 2.75) is 54.1 Å². The van der Waals surface area contributed by atoms with Crippen LogP contribution < -0.4 is 0 Å². The predicted octanol–water partition coefficient (Wildman–Crippen LogP) is 3.20. The van der Waals surface area contributed by atoms with Crippen molar-refractivity contribution in [3.63, 3.8) is 0 Å². The smallest absolute Gasteiger partial charge is 0.135 e. The van der Waals surface area contributed by atoms with Gasteiger partial charge in [0.15, 0.2) is 0 Å². The van der Waals surface area contributed by atoms with Crippen molar-refractivity contribution in [2.75, 3.05) is 0 Å². The van der Waals surface area contributed by atoms with E-state index in [1.165, 1.54) is 0 Å². The summed E-state index contributed by atoms with van der Waals surface area (Å²) in [5, 5.41) is 9.97. The number of rotatable bonds is 6. The van der Waals surface area contributed by atoms with Crippen molar-refractivity contribution >= 4 is 5.78 Å². The Morgan fingerprint density at radius 2 is 1.75 bits per heavy atom. The number of Topliss-reactive ketones (excluding diaryl/α,β-unsaturated/α-hetero) is 1. The third-order valence-electron chi connectivity index (χ3n) is 3.48. The van der Waals surface area contributed by atoms with Gasteiger partial charge in [0.2, 0.25) is 0 Å². The minimum atomic E-state index is -0.532. The summed E-state index contributed by atoms with van der Waals surface area (Å²) in [5.41, 5.74) is 0.567. The normalized spacial score (nSPS) is 16.0. The SMILES string of the molecule is C=C(C)C(O)C(C)C(C)(C)CC(=O)C(C)C. The van der Waals surface area contributed by atoms with Crippen LogP contribution in [0.15, 0.2) is 12.2 Å². The molecule has 2 heteroatoms. The van der Waals surface area contributed by atoms with Gasteiger partial charge in [-0.2, -0.15) is 0 Å². The van der Waals surface area contributed by atoms with Crippen molar-refractivity contribution < 1.29 is 9.90 Å². The molecule has 0 fully saturated rings. The molecule has 0 bridgehead atoms. The van der Waals surface area contributed by atoms with E-state index < -0.39 is 6.10 Å². The highest BCUT2D eigenvalue weighted by molar-refractivity contribution is 5.80. The summed E-state index contributed by atoms with van der Waals surface area (Å²) in [6.45, 7) is 15.5. The van der Waals surface area contributed by atoms with E-state index in [0.717, 1.165) is 5.57 Å². The van der Waals surface area contributed by atoms with Crippen LogP contribution >= 0.6 is 0 Å². The molecule has 0 aromatic carbocycles. The molecule has 0 radical (unpaired) electrons. The summed E-state index contributed by atoms with van der Waals surface area (Å²) < 4.78 is 0. The number of carbonyl (C=O) groups is 1. The number of aliphatic hydroxyl groups is 1. The van der Waals surface area contributed by atoms with Crippen molar-refractivity contribution in [2.24, 2.45) is 17.3 Å². The van der Waals surface area contributed by atoms with Crippen molar-refractivity contribution in [1.29, 1.82) is 0 Å². The molecule has 94 valence electrons. The van der Waals surface area contributed by atoms with Crippen LogP contribution in [0.2, 0.25) is 0 Å². The molecule has 0 amide bonds. The molecular weight excluding hydrogens is 200 g/mol. The largest absolute Gasteiger partial charge is 0.388 e. The van der Waals surface area contributed by atoms with Crippen LogP contribution in [-0.4, -0.2) is 17.0 Å². The second-order valence-corrected chi connectivity index (χ2v) is 5.87. The summed E-state index contributed by atoms with van der Waals surface area (Å²) in [6, 6.07) is 0. The van der Waals surface area contributed by atoms with E-state index in [1.54, 1.807) is 0 Å². The van der Waals surface area contributed by atoms with Crippen LogP contribution in [0.1, 0.15) is 48.0 Å². The number of hydrogen-bond acceptors (Lipinski definition) is 2. The Morgan fingerprint density at radius 3 is 2.06 bits per heavy atom. The Labute approximate surface area is 99.7 Å². The van der Waals surface area contributed by atoms with E-state index in [2.05, 4.69) is 6.58 Å². The van der Waals surface area contributed by atoms with E-state index >= 15 is 0 Å². The zero-order chi connectivity index (χ0) is 13.1. The third kappa shape index (κ3) is 4.09. The monoisotopic (exact) mass is 226 g/mol. The average molecular weight is 226 g/mol. The maximum atomic E-state index is 11.8. The van der Waals surface area contributed by atoms with Crippen molar-refractivity contribution in [3.8, 4) is 0 Å². The molecule has 0 aromatic heterocycles. The lowest BCUT2D eigenvalue weighted by molar-refractivity contribution is -0.125. The van der Waals surface area contributed by atoms with Gasteiger partial charge >= 0.3 is 0 Å². The Hall–Kier alpha value is -0.630. The maximum Gasteiger partial charge on any atom is 0.135 e. The Kier molecular flexibility index (Phi) is 5.40. The van der Waals surface area contributed by atoms with E-state index in [9.17, 15) is 9.90 Å². The first kappa shape index (κ1) is 15.4. The van der Waals surface area contributed by atoms with Gasteiger partial charge in [-0.15, -0.1) is 0 Å². The Balaban J connectivity index is 4.65. The molecule has 2 atom stereocenters. The molecule has 0 aliphatic carbocycles. The first-order valence-electron chi connectivity index (χ1n) is 5.95. The van der Waals surface area contributed by atoms with E-state index in [0.29, 0.717) is 6.42 Å². The fourth-order valence-corrected chi connectivity index (χ4v) is 1.67. The lowest BCUT2D eigenvalue weighted by Crippen LogP contribution is -2.35. The van der Waals surface area contributed by atoms with Gasteiger partial charge in [-0.1, -0.05) is 46.8 Å². The summed E-state index contributed by atoms with van der Waals surface area (Å²) in [6.07, 6.45) is -0.0223. The number of carbonyl (C=O) groups excluding carboxylic acids is 1. The van der Waals surface area contributed by atoms with Crippen LogP contribution in [0.5, 0.6) is 0 Å². The summed E-state index contributed by atoms with van der Waals surface area (Å²) in [7, 11) is 0. The first-order valence-corrected chi connectivity index (χ1v) is 5.95. The van der Waals surface area contributed by atoms with Gasteiger partial charge in [0.1, 0.15) is 5.78 Å². The zero-order valence-electron chi connectivity index (χ0n) is 11.5. The van der Waals surface area contributed by atoms with Gasteiger partial charge in [-0.05, 0) is 18.3 Å². The fourth-order valence-electron chi connectivity index (χ4n) is 1.67. The Bertz CT molecular complexity index is 264. The number of aliphatic hydroxyl groups excluding tert-OH is 1. The fraction of sp³-hybridized carbons (Fsp3) is 0.786. The molecule has 2 unspecified atom stereocenters. The molecule has 0 spiro atoms. The van der Waals surface area contributed by atoms with E-state index in [4.69, 9.17) is 0 Å². The molecule has 0 heterocycles. The molecule has 0 aliphatic rings. The highest BCUT2D eigenvalue weighted by Gasteiger charge is 2.33. The quantitative estimate of drug-likeness (QED) is 0.706. The van der Waals surface area contributed by atoms with Gasteiger partial charge < -0.3 is 5.11 Å². The van der Waals surface area contributed by atoms with Crippen LogP contribution in [0.25, 0.3) is 0 Å². The number of ketones is 1. The lowest BCUT2D eigenvalue weighted by Gasteiger charge is -2.35. The third-order valence-corrected chi connectivity index (χ3v) is 3.48. The second kappa shape index (κ2) is 5.62. The predicted molar refractivity (Wildman–Crippen MR) is 68.2 cm³/mol. The standard InChI is InChI=1S/C14H26O2/c1-9(2)12(15)8-14(6,7)11(5)13(16)10(3)4/h9,11,13,16H,3,8H2,1-2,4-7H3. The topological polar surface area (TPSA) is 37.3 Å². The summed E-state index contributed by atoms with van der Waals surface area (Å²) in [4.78, 5) is 11.8. The maximum absolute atomic E-state index is 11.8. The van der Waals surface area contributed by atoms with Crippen molar-refractivity contribution in [3.05, 3.63) is 12.2 Å². The van der Waals surface area contributed by atoms with Gasteiger partial charge in [0.25, 0.3) is 0 Å². The summed E-state index contributed by atoms with van der Waals surface area (Å²) in [5.74, 6) is 0.354. The van der Waals surface area contributed by atoms with Crippen LogP contribution in [0, 0.1) is 17.3 Å². The molecule has 0 aromatic rings. The molecule has 0 saturated heterocycles.